The van der Waals surface area contributed by atoms with E-state index >= 15 is 0 Å². The zero-order valence-electron chi connectivity index (χ0n) is 17.1. The predicted molar refractivity (Wildman–Crippen MR) is 123 cm³/mol. The Labute approximate surface area is 185 Å². The monoisotopic (exact) mass is 429 g/mol. The van der Waals surface area contributed by atoms with E-state index in [-0.39, 0.29) is 11.8 Å². The van der Waals surface area contributed by atoms with Crippen LogP contribution in [0.15, 0.2) is 66.2 Å². The number of benzene rings is 2. The van der Waals surface area contributed by atoms with Crippen LogP contribution >= 0.6 is 11.3 Å². The fraction of sp³-hybridized carbons (Fsp3) is 0.240. The van der Waals surface area contributed by atoms with E-state index in [1.165, 1.54) is 29.8 Å². The minimum Gasteiger partial charge on any atom is -0.318 e. The van der Waals surface area contributed by atoms with Gasteiger partial charge < -0.3 is 4.90 Å². The number of nitrogens with one attached hydrogen (secondary N) is 1. The number of fused-ring (bicyclic) bond motifs is 1. The number of nitrogens with zero attached hydrogens (tertiary/aromatic N) is 2. The summed E-state index contributed by atoms with van der Waals surface area (Å²) < 4.78 is 0. The summed E-state index contributed by atoms with van der Waals surface area (Å²) in [6, 6.07) is 14.9. The first-order valence-corrected chi connectivity index (χ1v) is 11.5. The van der Waals surface area contributed by atoms with E-state index < -0.39 is 6.04 Å². The molecular formula is C25H23N3O2S. The summed E-state index contributed by atoms with van der Waals surface area (Å²) in [6.07, 6.45) is 8.51. The van der Waals surface area contributed by atoms with Gasteiger partial charge in [-0.1, -0.05) is 48.5 Å². The molecule has 1 aliphatic carbocycles. The molecule has 0 fully saturated rings. The Morgan fingerprint density at radius 1 is 1.13 bits per heavy atom. The van der Waals surface area contributed by atoms with Crippen molar-refractivity contribution in [3.8, 4) is 0 Å². The molecule has 2 aliphatic rings. The Hall–Kier alpha value is -3.25. The van der Waals surface area contributed by atoms with Crippen molar-refractivity contribution in [1.29, 1.82) is 0 Å². The molecule has 0 saturated heterocycles. The van der Waals surface area contributed by atoms with Crippen molar-refractivity contribution >= 4 is 33.9 Å². The number of rotatable bonds is 5. The van der Waals surface area contributed by atoms with Crippen molar-refractivity contribution < 1.29 is 9.59 Å². The number of thiazole rings is 1. The number of amides is 2. The minimum atomic E-state index is -0.720. The van der Waals surface area contributed by atoms with Crippen molar-refractivity contribution in [3.63, 3.8) is 0 Å². The van der Waals surface area contributed by atoms with Gasteiger partial charge in [-0.05, 0) is 54.0 Å². The van der Waals surface area contributed by atoms with Crippen molar-refractivity contribution in [1.82, 2.24) is 9.88 Å². The molecule has 2 amide bonds. The maximum absolute atomic E-state index is 13.5. The molecule has 31 heavy (non-hydrogen) atoms. The van der Waals surface area contributed by atoms with Crippen LogP contribution in [0.3, 0.4) is 0 Å². The third-order valence-electron chi connectivity index (χ3n) is 5.94. The van der Waals surface area contributed by atoms with Gasteiger partial charge in [-0.2, -0.15) is 0 Å². The molecule has 1 aliphatic heterocycles. The lowest BCUT2D eigenvalue weighted by Crippen LogP contribution is -2.37. The molecular weight excluding hydrogens is 406 g/mol. The van der Waals surface area contributed by atoms with Crippen LogP contribution in [0.2, 0.25) is 0 Å². The van der Waals surface area contributed by atoms with E-state index in [2.05, 4.69) is 22.4 Å². The van der Waals surface area contributed by atoms with Crippen molar-refractivity contribution in [3.05, 3.63) is 88.4 Å². The van der Waals surface area contributed by atoms with Crippen LogP contribution in [0.25, 0.3) is 5.57 Å². The van der Waals surface area contributed by atoms with Gasteiger partial charge in [0.05, 0.1) is 0 Å². The lowest BCUT2D eigenvalue weighted by atomic mass is 9.92. The first kappa shape index (κ1) is 19.7. The molecule has 0 saturated carbocycles. The Kier molecular flexibility index (Phi) is 5.38. The van der Waals surface area contributed by atoms with E-state index in [1.807, 2.05) is 47.8 Å². The first-order chi connectivity index (χ1) is 15.2. The van der Waals surface area contributed by atoms with E-state index in [0.29, 0.717) is 17.2 Å². The summed E-state index contributed by atoms with van der Waals surface area (Å²) in [6.45, 7) is 0.415. The number of carbonyl (C=O) groups excluding carboxylic acids is 2. The van der Waals surface area contributed by atoms with Gasteiger partial charge in [0.15, 0.2) is 5.13 Å². The van der Waals surface area contributed by atoms with Crippen LogP contribution < -0.4 is 5.32 Å². The van der Waals surface area contributed by atoms with Gasteiger partial charge in [0.25, 0.3) is 11.8 Å². The van der Waals surface area contributed by atoms with Crippen LogP contribution in [0, 0.1) is 0 Å². The Morgan fingerprint density at radius 3 is 2.74 bits per heavy atom. The number of allylic oxidation sites excluding steroid dienone is 2. The number of hydrogen-bond donors (Lipinski definition) is 1. The van der Waals surface area contributed by atoms with E-state index in [9.17, 15) is 9.59 Å². The highest BCUT2D eigenvalue weighted by atomic mass is 32.1. The zero-order valence-corrected chi connectivity index (χ0v) is 17.9. The number of carbonyl (C=O) groups is 2. The second kappa shape index (κ2) is 8.47. The average Bonchev–Trinajstić information content (AvgIpc) is 3.43. The summed E-state index contributed by atoms with van der Waals surface area (Å²) in [5.74, 6) is -0.353. The lowest BCUT2D eigenvalue weighted by molar-refractivity contribution is -0.120. The number of anilines is 1. The maximum atomic E-state index is 13.5. The minimum absolute atomic E-state index is 0.101. The highest BCUT2D eigenvalue weighted by Gasteiger charge is 2.37. The molecule has 1 atom stereocenters. The molecule has 0 spiro atoms. The second-order valence-corrected chi connectivity index (χ2v) is 8.81. The molecule has 3 aromatic rings. The summed E-state index contributed by atoms with van der Waals surface area (Å²) in [4.78, 5) is 32.6. The molecule has 156 valence electrons. The Bertz CT molecular complexity index is 1140. The summed E-state index contributed by atoms with van der Waals surface area (Å²) in [5, 5.41) is 5.21. The van der Waals surface area contributed by atoms with Crippen molar-refractivity contribution in [2.75, 3.05) is 5.32 Å². The van der Waals surface area contributed by atoms with Crippen LogP contribution in [0.1, 0.15) is 58.8 Å². The molecule has 5 nitrogen and oxygen atoms in total. The molecule has 0 bridgehead atoms. The Morgan fingerprint density at radius 2 is 2.00 bits per heavy atom. The van der Waals surface area contributed by atoms with Gasteiger partial charge in [-0.15, -0.1) is 11.3 Å². The van der Waals surface area contributed by atoms with Gasteiger partial charge in [0, 0.05) is 23.7 Å². The highest BCUT2D eigenvalue weighted by Crippen LogP contribution is 2.35. The smallest absolute Gasteiger partial charge is 0.255 e. The fourth-order valence-corrected chi connectivity index (χ4v) is 4.93. The molecule has 1 aromatic heterocycles. The highest BCUT2D eigenvalue weighted by molar-refractivity contribution is 7.13. The van der Waals surface area contributed by atoms with Gasteiger partial charge >= 0.3 is 0 Å². The van der Waals surface area contributed by atoms with Gasteiger partial charge in [-0.3, -0.25) is 14.9 Å². The second-order valence-electron chi connectivity index (χ2n) is 7.92. The van der Waals surface area contributed by atoms with Crippen LogP contribution in [0.5, 0.6) is 0 Å². The summed E-state index contributed by atoms with van der Waals surface area (Å²) in [7, 11) is 0. The molecule has 1 N–H and O–H groups in total. The molecule has 5 rings (SSSR count). The van der Waals surface area contributed by atoms with Crippen LogP contribution in [-0.4, -0.2) is 21.7 Å². The molecule has 2 heterocycles. The van der Waals surface area contributed by atoms with E-state index in [1.54, 1.807) is 11.1 Å². The average molecular weight is 430 g/mol. The third kappa shape index (κ3) is 3.91. The van der Waals surface area contributed by atoms with Crippen LogP contribution in [-0.2, 0) is 11.3 Å². The number of aromatic nitrogens is 1. The summed E-state index contributed by atoms with van der Waals surface area (Å²) >= 11 is 1.36. The lowest BCUT2D eigenvalue weighted by Gasteiger charge is -2.27. The third-order valence-corrected chi connectivity index (χ3v) is 6.63. The van der Waals surface area contributed by atoms with E-state index in [4.69, 9.17) is 0 Å². The normalized spacial score (nSPS) is 16.6. The SMILES string of the molecule is O=C(Nc1nccs1)[C@@H](c1ccccc1)N1Cc2ccc(C3=CCCCC3)cc2C1=O. The molecule has 2 aromatic carbocycles. The van der Waals surface area contributed by atoms with Crippen molar-refractivity contribution in [2.45, 2.75) is 38.3 Å². The topological polar surface area (TPSA) is 62.3 Å². The molecule has 6 heteroatoms. The quantitative estimate of drug-likeness (QED) is 0.588. The van der Waals surface area contributed by atoms with Crippen molar-refractivity contribution in [2.24, 2.45) is 0 Å². The largest absolute Gasteiger partial charge is 0.318 e. The number of hydrogen-bond acceptors (Lipinski definition) is 4. The van der Waals surface area contributed by atoms with Gasteiger partial charge in [0.1, 0.15) is 6.04 Å². The van der Waals surface area contributed by atoms with Crippen LogP contribution in [0.4, 0.5) is 5.13 Å². The maximum Gasteiger partial charge on any atom is 0.255 e. The first-order valence-electron chi connectivity index (χ1n) is 10.6. The van der Waals surface area contributed by atoms with Gasteiger partial charge in [0.2, 0.25) is 0 Å². The Balaban J connectivity index is 1.47. The molecule has 0 unspecified atom stereocenters. The fourth-order valence-electron chi connectivity index (χ4n) is 4.40. The predicted octanol–water partition coefficient (Wildman–Crippen LogP) is 5.44. The van der Waals surface area contributed by atoms with Gasteiger partial charge in [-0.25, -0.2) is 4.98 Å². The van der Waals surface area contributed by atoms with E-state index in [0.717, 1.165) is 29.5 Å². The summed E-state index contributed by atoms with van der Waals surface area (Å²) in [5.41, 5.74) is 4.89. The zero-order chi connectivity index (χ0) is 21.2. The standard InChI is InChI=1S/C25H23N3O2S/c29-23(27-25-26-13-14-31-25)22(18-9-5-2-6-10-18)28-16-20-12-11-19(15-21(20)24(28)30)17-7-3-1-4-8-17/h2,5-7,9-15,22H,1,3-4,8,16H2,(H,26,27,29)/t22-/m1/s1. The molecule has 0 radical (unpaired) electrons.